The van der Waals surface area contributed by atoms with Crippen LogP contribution in [0.25, 0.3) is 0 Å². The van der Waals surface area contributed by atoms with Crippen LogP contribution in [0.3, 0.4) is 0 Å². The Kier molecular flexibility index (Phi) is 16.2. The molecule has 0 aromatic heterocycles. The molecule has 0 bridgehead atoms. The van der Waals surface area contributed by atoms with Crippen LogP contribution in [0.1, 0.15) is 0 Å². The number of hydrogen-bond donors (Lipinski definition) is 0. The summed E-state index contributed by atoms with van der Waals surface area (Å²) < 4.78 is 9.45. The quantitative estimate of drug-likeness (QED) is 0.290. The third kappa shape index (κ3) is 12.2. The van der Waals surface area contributed by atoms with Crippen LogP contribution in [-0.4, -0.2) is 33.5 Å². The fourth-order valence-electron chi connectivity index (χ4n) is 0.303. The molecule has 50 valence electrons. The predicted molar refractivity (Wildman–Crippen MR) is 27.6 cm³/mol. The van der Waals surface area contributed by atoms with Crippen LogP contribution in [0.5, 0.6) is 0 Å². The van der Waals surface area contributed by atoms with Gasteiger partial charge >= 0.3 is 29.6 Å². The number of rotatable bonds is 5. The van der Waals surface area contributed by atoms with Crippen molar-refractivity contribution in [2.45, 2.75) is 0 Å². The second-order valence-corrected chi connectivity index (χ2v) is 1.31. The van der Waals surface area contributed by atoms with Crippen LogP contribution >= 0.6 is 0 Å². The standard InChI is InChI=1S/C5H11O3.Na/c1-7-4-5-8-3-2-6;/h2-5H2,1H3;/q-1;+1. The molecule has 0 spiro atoms. The number of methoxy groups -OCH3 is 1. The molecule has 4 heteroatoms. The molecule has 0 heterocycles. The van der Waals surface area contributed by atoms with Gasteiger partial charge in [0.15, 0.2) is 0 Å². The Bertz CT molecular complexity index is 37.2. The molecule has 0 amide bonds. The summed E-state index contributed by atoms with van der Waals surface area (Å²) in [5.74, 6) is 0. The van der Waals surface area contributed by atoms with Gasteiger partial charge in [-0.05, 0) is 0 Å². The fourth-order valence-corrected chi connectivity index (χ4v) is 0.303. The first-order chi connectivity index (χ1) is 3.91. The van der Waals surface area contributed by atoms with E-state index in [0.29, 0.717) is 19.8 Å². The van der Waals surface area contributed by atoms with E-state index < -0.39 is 0 Å². The minimum atomic E-state index is -0.163. The molecule has 0 aliphatic carbocycles. The summed E-state index contributed by atoms with van der Waals surface area (Å²) in [6, 6.07) is 0. The van der Waals surface area contributed by atoms with Gasteiger partial charge in [0.25, 0.3) is 0 Å². The largest absolute Gasteiger partial charge is 1.00 e. The minimum absolute atomic E-state index is 0. The molecule has 0 saturated heterocycles. The van der Waals surface area contributed by atoms with E-state index in [9.17, 15) is 5.11 Å². The maximum absolute atomic E-state index is 9.73. The average molecular weight is 142 g/mol. The SMILES string of the molecule is COCCOCC[O-].[Na+]. The van der Waals surface area contributed by atoms with Crippen LogP contribution in [0.4, 0.5) is 0 Å². The number of ether oxygens (including phenoxy) is 2. The topological polar surface area (TPSA) is 41.5 Å². The zero-order valence-corrected chi connectivity index (χ0v) is 8.05. The average Bonchev–Trinajstić information content (AvgIpc) is 1.81. The van der Waals surface area contributed by atoms with Crippen molar-refractivity contribution in [3.63, 3.8) is 0 Å². The second kappa shape index (κ2) is 11.6. The van der Waals surface area contributed by atoms with Crippen LogP contribution in [0.15, 0.2) is 0 Å². The molecule has 9 heavy (non-hydrogen) atoms. The van der Waals surface area contributed by atoms with E-state index >= 15 is 0 Å². The smallest absolute Gasteiger partial charge is 0.853 e. The third-order valence-corrected chi connectivity index (χ3v) is 0.659. The van der Waals surface area contributed by atoms with Crippen LogP contribution < -0.4 is 34.7 Å². The van der Waals surface area contributed by atoms with Gasteiger partial charge in [0.1, 0.15) is 0 Å². The molecule has 0 N–H and O–H groups in total. The Labute approximate surface area is 77.6 Å². The summed E-state index contributed by atoms with van der Waals surface area (Å²) in [7, 11) is 1.60. The van der Waals surface area contributed by atoms with E-state index in [1.807, 2.05) is 0 Å². The van der Waals surface area contributed by atoms with Crippen LogP contribution in [0.2, 0.25) is 0 Å². The van der Waals surface area contributed by atoms with Crippen molar-refractivity contribution >= 4 is 0 Å². The van der Waals surface area contributed by atoms with Crippen molar-refractivity contribution < 1.29 is 44.1 Å². The summed E-state index contributed by atoms with van der Waals surface area (Å²) in [6.45, 7) is 1.23. The summed E-state index contributed by atoms with van der Waals surface area (Å²) in [4.78, 5) is 0. The molecular formula is C5H11NaO3. The number of hydrogen-bond acceptors (Lipinski definition) is 3. The van der Waals surface area contributed by atoms with Gasteiger partial charge in [-0.3, -0.25) is 0 Å². The predicted octanol–water partition coefficient (Wildman–Crippen LogP) is -3.99. The van der Waals surface area contributed by atoms with Crippen molar-refractivity contribution in [3.8, 4) is 0 Å². The van der Waals surface area contributed by atoms with Crippen molar-refractivity contribution in [1.82, 2.24) is 0 Å². The Morgan fingerprint density at radius 1 is 1.22 bits per heavy atom. The summed E-state index contributed by atoms with van der Waals surface area (Å²) in [5.41, 5.74) is 0. The maximum atomic E-state index is 9.73. The van der Waals surface area contributed by atoms with Crippen LogP contribution in [0, 0.1) is 0 Å². The molecule has 0 rings (SSSR count). The van der Waals surface area contributed by atoms with Gasteiger partial charge in [0.2, 0.25) is 0 Å². The molecule has 0 atom stereocenters. The van der Waals surface area contributed by atoms with E-state index in [2.05, 4.69) is 4.74 Å². The Balaban J connectivity index is 0. The van der Waals surface area contributed by atoms with Crippen molar-refractivity contribution in [3.05, 3.63) is 0 Å². The van der Waals surface area contributed by atoms with Gasteiger partial charge in [-0.1, -0.05) is 0 Å². The molecule has 0 aliphatic heterocycles. The first-order valence-corrected chi connectivity index (χ1v) is 2.56. The van der Waals surface area contributed by atoms with Gasteiger partial charge in [0.05, 0.1) is 13.2 Å². The van der Waals surface area contributed by atoms with E-state index in [1.165, 1.54) is 0 Å². The zero-order valence-electron chi connectivity index (χ0n) is 6.05. The molecule has 0 radical (unpaired) electrons. The first kappa shape index (κ1) is 12.5. The fraction of sp³-hybridized carbons (Fsp3) is 1.00. The summed E-state index contributed by atoms with van der Waals surface area (Å²) >= 11 is 0. The molecule has 0 fully saturated rings. The molecule has 0 aliphatic rings. The normalized spacial score (nSPS) is 8.67. The van der Waals surface area contributed by atoms with E-state index in [1.54, 1.807) is 7.11 Å². The van der Waals surface area contributed by atoms with Crippen molar-refractivity contribution in [2.75, 3.05) is 33.5 Å². The molecule has 0 aromatic carbocycles. The Hall–Kier alpha value is 0.880. The van der Waals surface area contributed by atoms with E-state index in [0.717, 1.165) is 0 Å². The molecule has 0 unspecified atom stereocenters. The Morgan fingerprint density at radius 3 is 2.33 bits per heavy atom. The van der Waals surface area contributed by atoms with Crippen molar-refractivity contribution in [2.24, 2.45) is 0 Å². The monoisotopic (exact) mass is 142 g/mol. The van der Waals surface area contributed by atoms with Gasteiger partial charge in [-0.15, -0.1) is 6.61 Å². The summed E-state index contributed by atoms with van der Waals surface area (Å²) in [6.07, 6.45) is 0. The first-order valence-electron chi connectivity index (χ1n) is 2.56. The van der Waals surface area contributed by atoms with E-state index in [-0.39, 0.29) is 36.2 Å². The minimum Gasteiger partial charge on any atom is -0.853 e. The van der Waals surface area contributed by atoms with Crippen molar-refractivity contribution in [1.29, 1.82) is 0 Å². The second-order valence-electron chi connectivity index (χ2n) is 1.31. The van der Waals surface area contributed by atoms with Gasteiger partial charge < -0.3 is 14.6 Å². The molecular weight excluding hydrogens is 131 g/mol. The van der Waals surface area contributed by atoms with Crippen LogP contribution in [-0.2, 0) is 9.47 Å². The van der Waals surface area contributed by atoms with Gasteiger partial charge in [0, 0.05) is 13.7 Å². The maximum Gasteiger partial charge on any atom is 1.00 e. The molecule has 0 saturated carbocycles. The van der Waals surface area contributed by atoms with E-state index in [4.69, 9.17) is 4.74 Å². The zero-order chi connectivity index (χ0) is 6.24. The third-order valence-electron chi connectivity index (χ3n) is 0.659. The Morgan fingerprint density at radius 2 is 1.89 bits per heavy atom. The summed E-state index contributed by atoms with van der Waals surface area (Å²) in [5, 5.41) is 9.73. The van der Waals surface area contributed by atoms with Gasteiger partial charge in [-0.25, -0.2) is 0 Å². The molecule has 0 aromatic rings. The molecule has 3 nitrogen and oxygen atoms in total. The van der Waals surface area contributed by atoms with Gasteiger partial charge in [-0.2, -0.15) is 0 Å².